The van der Waals surface area contributed by atoms with Crippen molar-refractivity contribution in [3.05, 3.63) is 0 Å². The van der Waals surface area contributed by atoms with Crippen LogP contribution in [0.25, 0.3) is 0 Å². The first-order valence-corrected chi connectivity index (χ1v) is 9.09. The molecule has 1 N–H and O–H groups in total. The van der Waals surface area contributed by atoms with Crippen molar-refractivity contribution < 1.29 is 8.42 Å². The zero-order valence-electron chi connectivity index (χ0n) is 12.9. The minimum atomic E-state index is -2.94. The second-order valence-corrected chi connectivity index (χ2v) is 7.98. The topological polar surface area (TPSA) is 61.8 Å². The van der Waals surface area contributed by atoms with E-state index in [9.17, 15) is 8.42 Å². The van der Waals surface area contributed by atoms with Crippen LogP contribution in [0.4, 0.5) is 0 Å². The molecule has 7 heteroatoms. The minimum Gasteiger partial charge on any atom is -0.357 e. The summed E-state index contributed by atoms with van der Waals surface area (Å²) in [7, 11) is -2.94. The zero-order chi connectivity index (χ0) is 14.5. The Hall–Kier alpha value is -0.0500. The summed E-state index contributed by atoms with van der Waals surface area (Å²) in [5.41, 5.74) is 0. The summed E-state index contributed by atoms with van der Waals surface area (Å²) in [6.07, 6.45) is 2.50. The lowest BCUT2D eigenvalue weighted by atomic mass is 9.92. The summed E-state index contributed by atoms with van der Waals surface area (Å²) in [6, 6.07) is 0. The maximum absolute atomic E-state index is 11.1. The molecular weight excluding hydrogens is 389 g/mol. The van der Waals surface area contributed by atoms with Gasteiger partial charge in [0.05, 0.1) is 12.3 Å². The fourth-order valence-electron chi connectivity index (χ4n) is 2.58. The molecule has 120 valence electrons. The summed E-state index contributed by atoms with van der Waals surface area (Å²) < 4.78 is 22.3. The molecule has 0 bridgehead atoms. The molecule has 1 fully saturated rings. The van der Waals surface area contributed by atoms with Crippen LogP contribution in [0.3, 0.4) is 0 Å². The van der Waals surface area contributed by atoms with Crippen LogP contribution in [0, 0.1) is 11.8 Å². The van der Waals surface area contributed by atoms with Crippen molar-refractivity contribution in [2.24, 2.45) is 16.8 Å². The van der Waals surface area contributed by atoms with E-state index in [1.165, 1.54) is 12.7 Å². The highest BCUT2D eigenvalue weighted by atomic mass is 127. The van der Waals surface area contributed by atoms with Crippen LogP contribution in [0.2, 0.25) is 0 Å². The standard InChI is InChI=1S/C13H27N3O2S.HI/c1-5-14-13(15-6-7-19(4,17)18)16-9-11(2)8-12(3)10-16;/h11-12H,5-10H2,1-4H3,(H,14,15);1H. The van der Waals surface area contributed by atoms with E-state index < -0.39 is 9.84 Å². The van der Waals surface area contributed by atoms with Crippen LogP contribution in [0.1, 0.15) is 27.2 Å². The molecule has 2 unspecified atom stereocenters. The first-order chi connectivity index (χ1) is 8.81. The van der Waals surface area contributed by atoms with Gasteiger partial charge in [-0.1, -0.05) is 13.8 Å². The lowest BCUT2D eigenvalue weighted by molar-refractivity contribution is 0.208. The average Bonchev–Trinajstić information content (AvgIpc) is 2.25. The van der Waals surface area contributed by atoms with E-state index in [1.807, 2.05) is 6.92 Å². The molecule has 0 amide bonds. The lowest BCUT2D eigenvalue weighted by Crippen LogP contribution is -2.48. The summed E-state index contributed by atoms with van der Waals surface area (Å²) in [5.74, 6) is 2.27. The van der Waals surface area contributed by atoms with Crippen molar-refractivity contribution in [3.8, 4) is 0 Å². The van der Waals surface area contributed by atoms with Crippen molar-refractivity contribution in [2.75, 3.05) is 38.2 Å². The Morgan fingerprint density at radius 3 is 2.30 bits per heavy atom. The molecule has 0 aromatic rings. The Kier molecular flexibility index (Phi) is 9.04. The van der Waals surface area contributed by atoms with Gasteiger partial charge < -0.3 is 10.2 Å². The number of hydrogen-bond donors (Lipinski definition) is 1. The first kappa shape index (κ1) is 19.9. The maximum atomic E-state index is 11.1. The van der Waals surface area contributed by atoms with E-state index in [0.29, 0.717) is 18.4 Å². The second kappa shape index (κ2) is 9.07. The van der Waals surface area contributed by atoms with Crippen LogP contribution in [0.15, 0.2) is 4.99 Å². The SMILES string of the molecule is CCNC(=NCCS(C)(=O)=O)N1CC(C)CC(C)C1.I. The van der Waals surface area contributed by atoms with Crippen molar-refractivity contribution >= 4 is 39.8 Å². The Bertz CT molecular complexity index is 402. The molecule has 0 radical (unpaired) electrons. The Balaban J connectivity index is 0.00000361. The van der Waals surface area contributed by atoms with Crippen LogP contribution in [-0.4, -0.2) is 57.5 Å². The van der Waals surface area contributed by atoms with Gasteiger partial charge in [-0.15, -0.1) is 24.0 Å². The highest BCUT2D eigenvalue weighted by Crippen LogP contribution is 2.20. The number of guanidine groups is 1. The summed E-state index contributed by atoms with van der Waals surface area (Å²) in [5, 5.41) is 3.26. The van der Waals surface area contributed by atoms with Gasteiger partial charge >= 0.3 is 0 Å². The van der Waals surface area contributed by atoms with Gasteiger partial charge in [0.15, 0.2) is 5.96 Å². The van der Waals surface area contributed by atoms with Crippen molar-refractivity contribution in [3.63, 3.8) is 0 Å². The fraction of sp³-hybridized carbons (Fsp3) is 0.923. The number of aliphatic imine (C=N–C) groups is 1. The number of halogens is 1. The molecule has 1 heterocycles. The number of sulfone groups is 1. The van der Waals surface area contributed by atoms with Gasteiger partial charge in [0.1, 0.15) is 9.84 Å². The Morgan fingerprint density at radius 1 is 1.30 bits per heavy atom. The minimum absolute atomic E-state index is 0. The van der Waals surface area contributed by atoms with Gasteiger partial charge in [-0.3, -0.25) is 4.99 Å². The molecule has 0 saturated carbocycles. The lowest BCUT2D eigenvalue weighted by Gasteiger charge is -2.37. The third-order valence-corrected chi connectivity index (χ3v) is 4.15. The first-order valence-electron chi connectivity index (χ1n) is 7.02. The molecule has 0 aliphatic carbocycles. The average molecular weight is 417 g/mol. The number of nitrogens with one attached hydrogen (secondary N) is 1. The van der Waals surface area contributed by atoms with Crippen LogP contribution >= 0.6 is 24.0 Å². The number of hydrogen-bond acceptors (Lipinski definition) is 3. The fourth-order valence-corrected chi connectivity index (χ4v) is 3.00. The molecule has 0 spiro atoms. The smallest absolute Gasteiger partial charge is 0.193 e. The Labute approximate surface area is 140 Å². The molecule has 1 aliphatic heterocycles. The Morgan fingerprint density at radius 2 is 1.85 bits per heavy atom. The quantitative estimate of drug-likeness (QED) is 0.429. The van der Waals surface area contributed by atoms with Crippen molar-refractivity contribution in [1.29, 1.82) is 0 Å². The molecule has 0 aromatic heterocycles. The summed E-state index contributed by atoms with van der Waals surface area (Å²) in [6.45, 7) is 9.66. The molecule has 0 aromatic carbocycles. The highest BCUT2D eigenvalue weighted by molar-refractivity contribution is 14.0. The molecule has 5 nitrogen and oxygen atoms in total. The molecular formula is C13H28IN3O2S. The van der Waals surface area contributed by atoms with E-state index in [1.54, 1.807) is 0 Å². The van der Waals surface area contributed by atoms with E-state index >= 15 is 0 Å². The van der Waals surface area contributed by atoms with Crippen molar-refractivity contribution in [1.82, 2.24) is 10.2 Å². The monoisotopic (exact) mass is 417 g/mol. The summed E-state index contributed by atoms with van der Waals surface area (Å²) >= 11 is 0. The maximum Gasteiger partial charge on any atom is 0.193 e. The van der Waals surface area contributed by atoms with Crippen LogP contribution in [0.5, 0.6) is 0 Å². The molecule has 20 heavy (non-hydrogen) atoms. The molecule has 2 atom stereocenters. The largest absolute Gasteiger partial charge is 0.357 e. The van der Waals surface area contributed by atoms with Gasteiger partial charge in [-0.05, 0) is 25.2 Å². The van der Waals surface area contributed by atoms with Crippen LogP contribution in [-0.2, 0) is 9.84 Å². The number of piperidine rings is 1. The van der Waals surface area contributed by atoms with E-state index in [-0.39, 0.29) is 29.7 Å². The van der Waals surface area contributed by atoms with Crippen LogP contribution < -0.4 is 5.32 Å². The third kappa shape index (κ3) is 7.66. The normalized spacial score (nSPS) is 24.2. The predicted octanol–water partition coefficient (Wildman–Crippen LogP) is 1.59. The number of rotatable bonds is 4. The highest BCUT2D eigenvalue weighted by Gasteiger charge is 2.23. The predicted molar refractivity (Wildman–Crippen MR) is 95.6 cm³/mol. The summed E-state index contributed by atoms with van der Waals surface area (Å²) in [4.78, 5) is 6.70. The second-order valence-electron chi connectivity index (χ2n) is 5.72. The van der Waals surface area contributed by atoms with Gasteiger partial charge in [-0.25, -0.2) is 8.42 Å². The van der Waals surface area contributed by atoms with Gasteiger partial charge in [0, 0.05) is 25.9 Å². The van der Waals surface area contributed by atoms with Gasteiger partial charge in [-0.2, -0.15) is 0 Å². The third-order valence-electron chi connectivity index (χ3n) is 3.23. The molecule has 1 rings (SSSR count). The molecule has 1 saturated heterocycles. The van der Waals surface area contributed by atoms with Crippen molar-refractivity contribution in [2.45, 2.75) is 27.2 Å². The molecule has 1 aliphatic rings. The van der Waals surface area contributed by atoms with E-state index in [2.05, 4.69) is 29.1 Å². The number of nitrogens with zero attached hydrogens (tertiary/aromatic N) is 2. The van der Waals surface area contributed by atoms with Gasteiger partial charge in [0.25, 0.3) is 0 Å². The van der Waals surface area contributed by atoms with E-state index in [0.717, 1.165) is 25.6 Å². The number of likely N-dealkylation sites (tertiary alicyclic amines) is 1. The zero-order valence-corrected chi connectivity index (χ0v) is 16.1. The van der Waals surface area contributed by atoms with Gasteiger partial charge in [0.2, 0.25) is 0 Å². The van der Waals surface area contributed by atoms with E-state index in [4.69, 9.17) is 0 Å².